The molecule has 2 aromatic carbocycles. The Balaban J connectivity index is 1.77. The summed E-state index contributed by atoms with van der Waals surface area (Å²) in [6.45, 7) is -0.0478. The van der Waals surface area contributed by atoms with Gasteiger partial charge in [-0.05, 0) is 36.4 Å². The average molecular weight is 460 g/mol. The minimum absolute atomic E-state index is 0.0923. The molecule has 0 N–H and O–H groups in total. The predicted octanol–water partition coefficient (Wildman–Crippen LogP) is 2.68. The van der Waals surface area contributed by atoms with Crippen LogP contribution >= 0.6 is 11.6 Å². The van der Waals surface area contributed by atoms with Crippen LogP contribution < -0.4 is 0 Å². The summed E-state index contributed by atoms with van der Waals surface area (Å²) < 4.78 is 63.6. The summed E-state index contributed by atoms with van der Waals surface area (Å²) in [7, 11) is -3.89. The monoisotopic (exact) mass is 459 g/mol. The number of carbonyl (C=O) groups excluding carboxylic acids is 2. The first-order valence-electron chi connectivity index (χ1n) is 8.73. The molecule has 30 heavy (non-hydrogen) atoms. The van der Waals surface area contributed by atoms with Crippen LogP contribution in [0, 0.1) is 11.6 Å². The van der Waals surface area contributed by atoms with Crippen molar-refractivity contribution in [1.29, 1.82) is 0 Å². The number of ketones is 1. The van der Waals surface area contributed by atoms with Gasteiger partial charge in [0.2, 0.25) is 15.8 Å². The van der Waals surface area contributed by atoms with Crippen molar-refractivity contribution in [3.05, 3.63) is 64.2 Å². The Kier molecular flexibility index (Phi) is 6.81. The van der Waals surface area contributed by atoms with Crippen molar-refractivity contribution in [2.45, 2.75) is 4.90 Å². The van der Waals surface area contributed by atoms with E-state index in [1.807, 2.05) is 0 Å². The minimum atomic E-state index is -3.89. The third-order valence-corrected chi connectivity index (χ3v) is 6.55. The van der Waals surface area contributed by atoms with E-state index in [0.717, 1.165) is 18.2 Å². The quantitative estimate of drug-likeness (QED) is 0.487. The van der Waals surface area contributed by atoms with E-state index in [9.17, 15) is 26.8 Å². The van der Waals surface area contributed by atoms with E-state index in [1.165, 1.54) is 16.4 Å². The van der Waals surface area contributed by atoms with Crippen LogP contribution in [0.3, 0.4) is 0 Å². The largest absolute Gasteiger partial charge is 0.454 e. The number of sulfonamides is 1. The van der Waals surface area contributed by atoms with Gasteiger partial charge in [-0.2, -0.15) is 4.31 Å². The fourth-order valence-corrected chi connectivity index (χ4v) is 4.38. The van der Waals surface area contributed by atoms with Crippen molar-refractivity contribution in [3.63, 3.8) is 0 Å². The third kappa shape index (κ3) is 4.84. The molecule has 0 bridgehead atoms. The lowest BCUT2D eigenvalue weighted by Gasteiger charge is -2.26. The number of benzene rings is 2. The second-order valence-electron chi connectivity index (χ2n) is 6.28. The van der Waals surface area contributed by atoms with Crippen molar-refractivity contribution in [2.75, 3.05) is 32.9 Å². The van der Waals surface area contributed by atoms with Crippen LogP contribution in [0.2, 0.25) is 5.02 Å². The number of ether oxygens (including phenoxy) is 2. The number of morpholine rings is 1. The number of rotatable bonds is 6. The first-order chi connectivity index (χ1) is 14.2. The number of carbonyl (C=O) groups is 2. The van der Waals surface area contributed by atoms with Crippen molar-refractivity contribution < 1.29 is 36.3 Å². The Morgan fingerprint density at radius 2 is 1.77 bits per heavy atom. The fourth-order valence-electron chi connectivity index (χ4n) is 2.76. The van der Waals surface area contributed by atoms with Crippen molar-refractivity contribution in [1.82, 2.24) is 4.31 Å². The maximum absolute atomic E-state index is 13.7. The molecule has 1 heterocycles. The van der Waals surface area contributed by atoms with Crippen molar-refractivity contribution in [2.24, 2.45) is 0 Å². The molecule has 0 aliphatic carbocycles. The first-order valence-corrected chi connectivity index (χ1v) is 10.5. The van der Waals surface area contributed by atoms with Gasteiger partial charge in [0.05, 0.1) is 34.3 Å². The fraction of sp³-hybridized carbons (Fsp3) is 0.263. The summed E-state index contributed by atoms with van der Waals surface area (Å²) in [6.07, 6.45) is 0. The standard InChI is InChI=1S/C19H16ClF2NO6S/c20-16-3-2-13(30(26,27)23-5-7-28-8-6-23)10-14(16)19(25)29-11-18(24)15-9-12(21)1-4-17(15)22/h1-4,9-10H,5-8,11H2. The lowest BCUT2D eigenvalue weighted by atomic mass is 10.1. The molecule has 0 spiro atoms. The van der Waals surface area contributed by atoms with Gasteiger partial charge in [0.1, 0.15) is 11.6 Å². The Labute approximate surface area is 176 Å². The predicted molar refractivity (Wildman–Crippen MR) is 102 cm³/mol. The Hall–Kier alpha value is -2.40. The summed E-state index contributed by atoms with van der Waals surface area (Å²) in [5, 5.41) is -0.0923. The molecule has 3 rings (SSSR count). The Morgan fingerprint density at radius 3 is 2.47 bits per heavy atom. The molecule has 1 aliphatic rings. The van der Waals surface area contributed by atoms with Crippen LogP contribution in [0.4, 0.5) is 8.78 Å². The second-order valence-corrected chi connectivity index (χ2v) is 8.63. The van der Waals surface area contributed by atoms with Crippen LogP contribution in [-0.4, -0.2) is 57.4 Å². The maximum atomic E-state index is 13.7. The van der Waals surface area contributed by atoms with Gasteiger partial charge in [-0.1, -0.05) is 11.6 Å². The van der Waals surface area contributed by atoms with Gasteiger partial charge < -0.3 is 9.47 Å². The second kappa shape index (κ2) is 9.17. The molecule has 0 unspecified atom stereocenters. The molecule has 2 aromatic rings. The molecule has 0 saturated carbocycles. The van der Waals surface area contributed by atoms with Crippen LogP contribution in [0.15, 0.2) is 41.3 Å². The summed E-state index contributed by atoms with van der Waals surface area (Å²) in [4.78, 5) is 24.2. The van der Waals surface area contributed by atoms with Gasteiger partial charge in [0.25, 0.3) is 0 Å². The van der Waals surface area contributed by atoms with E-state index in [2.05, 4.69) is 0 Å². The highest BCUT2D eigenvalue weighted by molar-refractivity contribution is 7.89. The number of Topliss-reactive ketones (excluding diaryl/α,β-unsaturated/α-hetero) is 1. The average Bonchev–Trinajstić information content (AvgIpc) is 2.74. The van der Waals surface area contributed by atoms with Gasteiger partial charge in [-0.25, -0.2) is 22.0 Å². The third-order valence-electron chi connectivity index (χ3n) is 4.33. The molecule has 0 amide bonds. The zero-order chi connectivity index (χ0) is 21.9. The van der Waals surface area contributed by atoms with Crippen molar-refractivity contribution in [3.8, 4) is 0 Å². The molecule has 1 saturated heterocycles. The molecular formula is C19H16ClF2NO6S. The molecular weight excluding hydrogens is 444 g/mol. The molecule has 11 heteroatoms. The molecule has 1 fully saturated rings. The number of esters is 1. The first kappa shape index (κ1) is 22.3. The Morgan fingerprint density at radius 1 is 1.07 bits per heavy atom. The van der Waals surface area contributed by atoms with Crippen LogP contribution in [0.1, 0.15) is 20.7 Å². The van der Waals surface area contributed by atoms with Gasteiger partial charge in [-0.15, -0.1) is 0 Å². The molecule has 0 aromatic heterocycles. The SMILES string of the molecule is O=C(COC(=O)c1cc(S(=O)(=O)N2CCOCC2)ccc1Cl)c1cc(F)ccc1F. The molecule has 160 valence electrons. The Bertz CT molecular complexity index is 1090. The van der Waals surface area contributed by atoms with Gasteiger partial charge in [0, 0.05) is 13.1 Å². The normalized spacial score (nSPS) is 15.0. The minimum Gasteiger partial charge on any atom is -0.454 e. The van der Waals surface area contributed by atoms with Gasteiger partial charge in [0.15, 0.2) is 6.61 Å². The van der Waals surface area contributed by atoms with E-state index in [0.29, 0.717) is 6.07 Å². The maximum Gasteiger partial charge on any atom is 0.340 e. The zero-order valence-electron chi connectivity index (χ0n) is 15.4. The lowest BCUT2D eigenvalue weighted by Crippen LogP contribution is -2.40. The topological polar surface area (TPSA) is 90.0 Å². The lowest BCUT2D eigenvalue weighted by molar-refractivity contribution is 0.0473. The summed E-state index contributed by atoms with van der Waals surface area (Å²) in [6, 6.07) is 5.83. The number of nitrogens with zero attached hydrogens (tertiary/aromatic N) is 1. The highest BCUT2D eigenvalue weighted by Gasteiger charge is 2.28. The highest BCUT2D eigenvalue weighted by atomic mass is 35.5. The van der Waals surface area contributed by atoms with Crippen molar-refractivity contribution >= 4 is 33.4 Å². The van der Waals surface area contributed by atoms with Crippen LogP contribution in [0.25, 0.3) is 0 Å². The van der Waals surface area contributed by atoms with Crippen LogP contribution in [0.5, 0.6) is 0 Å². The highest BCUT2D eigenvalue weighted by Crippen LogP contribution is 2.24. The summed E-state index contributed by atoms with van der Waals surface area (Å²) >= 11 is 5.98. The van der Waals surface area contributed by atoms with E-state index >= 15 is 0 Å². The van der Waals surface area contributed by atoms with Gasteiger partial charge >= 0.3 is 5.97 Å². The number of halogens is 3. The molecule has 7 nitrogen and oxygen atoms in total. The van der Waals surface area contributed by atoms with Crippen LogP contribution in [-0.2, 0) is 19.5 Å². The van der Waals surface area contributed by atoms with Gasteiger partial charge in [-0.3, -0.25) is 4.79 Å². The molecule has 0 radical (unpaired) electrons. The molecule has 0 atom stereocenters. The van der Waals surface area contributed by atoms with E-state index in [-0.39, 0.29) is 41.8 Å². The smallest absolute Gasteiger partial charge is 0.340 e. The summed E-state index contributed by atoms with van der Waals surface area (Å²) in [5.41, 5.74) is -0.851. The zero-order valence-corrected chi connectivity index (χ0v) is 17.0. The number of hydrogen-bond donors (Lipinski definition) is 0. The van der Waals surface area contributed by atoms with E-state index in [4.69, 9.17) is 21.1 Å². The van der Waals surface area contributed by atoms with E-state index in [1.54, 1.807) is 0 Å². The van der Waals surface area contributed by atoms with E-state index < -0.39 is 45.6 Å². The summed E-state index contributed by atoms with van der Waals surface area (Å²) in [5.74, 6) is -3.83. The number of hydrogen-bond acceptors (Lipinski definition) is 6. The molecule has 1 aliphatic heterocycles.